The van der Waals surface area contributed by atoms with Gasteiger partial charge < -0.3 is 15.5 Å². The van der Waals surface area contributed by atoms with E-state index in [0.29, 0.717) is 29.7 Å². The van der Waals surface area contributed by atoms with Gasteiger partial charge >= 0.3 is 0 Å². The fourth-order valence-corrected chi connectivity index (χ4v) is 8.42. The van der Waals surface area contributed by atoms with Gasteiger partial charge in [0.05, 0.1) is 12.2 Å². The van der Waals surface area contributed by atoms with E-state index in [1.54, 1.807) is 5.57 Å². The molecule has 5 rings (SSSR count). The Bertz CT molecular complexity index is 735. The first kappa shape index (κ1) is 21.2. The van der Waals surface area contributed by atoms with Crippen LogP contribution in [0.2, 0.25) is 0 Å². The van der Waals surface area contributed by atoms with Gasteiger partial charge in [-0.1, -0.05) is 51.0 Å². The topological polar surface area (TPSA) is 52.5 Å². The first-order valence-electron chi connectivity index (χ1n) is 12.7. The van der Waals surface area contributed by atoms with Crippen molar-refractivity contribution in [2.24, 2.45) is 40.4 Å². The third kappa shape index (κ3) is 3.02. The van der Waals surface area contributed by atoms with Crippen LogP contribution in [-0.2, 0) is 0 Å². The lowest BCUT2D eigenvalue weighted by atomic mass is 9.51. The lowest BCUT2D eigenvalue weighted by Crippen LogP contribution is -2.50. The predicted octanol–water partition coefficient (Wildman–Crippen LogP) is 4.84. The minimum atomic E-state index is -0.227. The fraction of sp³-hybridized carbons (Fsp3) is 0.852. The van der Waals surface area contributed by atoms with Crippen LogP contribution in [0.5, 0.6) is 0 Å². The summed E-state index contributed by atoms with van der Waals surface area (Å²) in [6.07, 6.45) is 13.4. The Morgan fingerprint density at radius 3 is 2.63 bits per heavy atom. The first-order chi connectivity index (χ1) is 14.2. The molecule has 1 saturated heterocycles. The van der Waals surface area contributed by atoms with E-state index in [2.05, 4.69) is 45.2 Å². The molecular weight excluding hydrogens is 370 g/mol. The van der Waals surface area contributed by atoms with Crippen LogP contribution in [0.25, 0.3) is 0 Å². The number of hydrogen-bond acceptors (Lipinski definition) is 3. The van der Waals surface area contributed by atoms with Gasteiger partial charge in [-0.2, -0.15) is 0 Å². The fourth-order valence-electron chi connectivity index (χ4n) is 8.42. The molecule has 30 heavy (non-hydrogen) atoms. The molecule has 0 bridgehead atoms. The van der Waals surface area contributed by atoms with Crippen molar-refractivity contribution in [1.82, 2.24) is 5.32 Å². The highest BCUT2D eigenvalue weighted by molar-refractivity contribution is 5.34. The molecule has 3 nitrogen and oxygen atoms in total. The SMILES string of the molecule is C[C@H]1CC[C@@H]([C@@H](C)[C@@]2(C)C3=CC[C@@H]4[C@@H](CC=C5C[C@@H](O)CC[C@@]54C)[C@@H]3C[C@@H]2O)NC1. The lowest BCUT2D eigenvalue weighted by molar-refractivity contribution is 0.0253. The third-order valence-electron chi connectivity index (χ3n) is 10.7. The number of nitrogens with one attached hydrogen (secondary N) is 1. The van der Waals surface area contributed by atoms with E-state index < -0.39 is 0 Å². The molecule has 3 fully saturated rings. The van der Waals surface area contributed by atoms with Crippen LogP contribution in [0.15, 0.2) is 23.3 Å². The standard InChI is InChI=1S/C27H43NO2/c1-16-5-10-24(28-15-16)17(2)27(4)23-9-8-22-20(21(23)14-25(27)30)7-6-18-13-19(29)11-12-26(18,22)3/h6,9,16-17,19-22,24-25,28-30H,5,7-8,10-15H2,1-4H3/t16-,17+,19-,20-,21-,22+,24-,25-,26-,27-/m0/s1. The van der Waals surface area contributed by atoms with Crippen molar-refractivity contribution in [3.05, 3.63) is 23.3 Å². The van der Waals surface area contributed by atoms with Crippen LogP contribution in [0.4, 0.5) is 0 Å². The van der Waals surface area contributed by atoms with Crippen LogP contribution in [0.3, 0.4) is 0 Å². The number of piperidine rings is 1. The maximum atomic E-state index is 11.4. The second-order valence-corrected chi connectivity index (χ2v) is 12.1. The van der Waals surface area contributed by atoms with Crippen molar-refractivity contribution in [2.75, 3.05) is 6.54 Å². The summed E-state index contributed by atoms with van der Waals surface area (Å²) in [5.74, 6) is 3.11. The molecule has 0 aromatic rings. The highest BCUT2D eigenvalue weighted by Crippen LogP contribution is 2.64. The van der Waals surface area contributed by atoms with Crippen molar-refractivity contribution in [1.29, 1.82) is 0 Å². The van der Waals surface area contributed by atoms with E-state index in [1.807, 2.05) is 0 Å². The maximum Gasteiger partial charge on any atom is 0.0639 e. The van der Waals surface area contributed by atoms with Gasteiger partial charge in [0.2, 0.25) is 0 Å². The zero-order valence-corrected chi connectivity index (χ0v) is 19.5. The van der Waals surface area contributed by atoms with E-state index >= 15 is 0 Å². The zero-order chi connectivity index (χ0) is 21.3. The van der Waals surface area contributed by atoms with Crippen molar-refractivity contribution >= 4 is 0 Å². The van der Waals surface area contributed by atoms with Gasteiger partial charge in [-0.15, -0.1) is 0 Å². The summed E-state index contributed by atoms with van der Waals surface area (Å²) >= 11 is 0. The number of rotatable bonds is 2. The summed E-state index contributed by atoms with van der Waals surface area (Å²) < 4.78 is 0. The van der Waals surface area contributed by atoms with Crippen LogP contribution < -0.4 is 5.32 Å². The average molecular weight is 414 g/mol. The Hall–Kier alpha value is -0.640. The van der Waals surface area contributed by atoms with E-state index in [0.717, 1.165) is 51.0 Å². The zero-order valence-electron chi connectivity index (χ0n) is 19.5. The van der Waals surface area contributed by atoms with Gasteiger partial charge in [0.15, 0.2) is 0 Å². The third-order valence-corrected chi connectivity index (χ3v) is 10.7. The van der Waals surface area contributed by atoms with Crippen molar-refractivity contribution in [3.8, 4) is 0 Å². The second kappa shape index (κ2) is 7.46. The summed E-state index contributed by atoms with van der Waals surface area (Å²) in [7, 11) is 0. The van der Waals surface area contributed by atoms with Gasteiger partial charge in [0, 0.05) is 11.5 Å². The Balaban J connectivity index is 1.42. The van der Waals surface area contributed by atoms with E-state index in [9.17, 15) is 10.2 Å². The van der Waals surface area contributed by atoms with Crippen molar-refractivity contribution < 1.29 is 10.2 Å². The summed E-state index contributed by atoms with van der Waals surface area (Å²) in [5.41, 5.74) is 3.26. The number of aliphatic hydroxyl groups excluding tert-OH is 2. The van der Waals surface area contributed by atoms with E-state index in [1.165, 1.54) is 18.4 Å². The largest absolute Gasteiger partial charge is 0.393 e. The second-order valence-electron chi connectivity index (χ2n) is 12.1. The number of hydrogen-bond donors (Lipinski definition) is 3. The molecule has 5 aliphatic rings. The molecule has 0 aromatic carbocycles. The van der Waals surface area contributed by atoms with Gasteiger partial charge in [-0.25, -0.2) is 0 Å². The number of fused-ring (bicyclic) bond motifs is 5. The molecule has 0 amide bonds. The summed E-state index contributed by atoms with van der Waals surface area (Å²) in [6, 6.07) is 0.522. The minimum absolute atomic E-state index is 0.0957. The maximum absolute atomic E-state index is 11.4. The quantitative estimate of drug-likeness (QED) is 0.568. The van der Waals surface area contributed by atoms with E-state index in [4.69, 9.17) is 0 Å². The van der Waals surface area contributed by atoms with Crippen molar-refractivity contribution in [3.63, 3.8) is 0 Å². The molecule has 2 saturated carbocycles. The van der Waals surface area contributed by atoms with Crippen LogP contribution in [0.1, 0.15) is 79.1 Å². The van der Waals surface area contributed by atoms with Gasteiger partial charge in [-0.05, 0) is 92.9 Å². The molecule has 0 aromatic heterocycles. The lowest BCUT2D eigenvalue weighted by Gasteiger charge is -2.54. The van der Waals surface area contributed by atoms with Gasteiger partial charge in [0.1, 0.15) is 0 Å². The van der Waals surface area contributed by atoms with Crippen LogP contribution >= 0.6 is 0 Å². The Labute approximate surface area is 183 Å². The number of aliphatic hydroxyl groups is 2. The van der Waals surface area contributed by atoms with E-state index in [-0.39, 0.29) is 23.0 Å². The number of allylic oxidation sites excluding steroid dienone is 2. The smallest absolute Gasteiger partial charge is 0.0639 e. The first-order valence-corrected chi connectivity index (χ1v) is 12.7. The molecule has 3 N–H and O–H groups in total. The predicted molar refractivity (Wildman–Crippen MR) is 122 cm³/mol. The van der Waals surface area contributed by atoms with Crippen molar-refractivity contribution in [2.45, 2.75) is 97.3 Å². The minimum Gasteiger partial charge on any atom is -0.393 e. The highest BCUT2D eigenvalue weighted by atomic mass is 16.3. The van der Waals surface area contributed by atoms with Gasteiger partial charge in [-0.3, -0.25) is 0 Å². The molecule has 4 aliphatic carbocycles. The molecule has 168 valence electrons. The molecule has 1 heterocycles. The Kier molecular flexibility index (Phi) is 5.27. The van der Waals surface area contributed by atoms with Gasteiger partial charge in [0.25, 0.3) is 0 Å². The summed E-state index contributed by atoms with van der Waals surface area (Å²) in [6.45, 7) is 10.7. The molecule has 1 aliphatic heterocycles. The molecule has 3 heteroatoms. The summed E-state index contributed by atoms with van der Waals surface area (Å²) in [4.78, 5) is 0. The molecule has 0 radical (unpaired) electrons. The molecule has 0 unspecified atom stereocenters. The monoisotopic (exact) mass is 413 g/mol. The molecule has 0 spiro atoms. The Morgan fingerprint density at radius 1 is 1.10 bits per heavy atom. The van der Waals surface area contributed by atoms with Crippen LogP contribution in [-0.4, -0.2) is 35.0 Å². The van der Waals surface area contributed by atoms with Crippen LogP contribution in [0, 0.1) is 40.4 Å². The molecule has 10 atom stereocenters. The molecular formula is C27H43NO2. The summed E-state index contributed by atoms with van der Waals surface area (Å²) in [5, 5.41) is 25.5. The average Bonchev–Trinajstić information content (AvgIpc) is 3.00. The normalized spacial score (nSPS) is 51.9. The highest BCUT2D eigenvalue weighted by Gasteiger charge is 2.58. The Morgan fingerprint density at radius 2 is 1.90 bits per heavy atom.